The van der Waals surface area contributed by atoms with E-state index in [0.29, 0.717) is 36.4 Å². The number of nitrogens with one attached hydrogen (secondary N) is 3. The van der Waals surface area contributed by atoms with E-state index < -0.39 is 34.2 Å². The standard InChI is InChI=1S/C27H26ClF3N4O5/c28-18-3-1-17-14-20(4-2-16(17)13-18)34-26(37)25(36)32-11-12-40-22-8-5-19(6-9-22)33-21-7-10-24(35(38)39)23(15-21)27(29,30)31/h1-4,7,10,13-15,19,22,33H,5-6,8-9,11-12H2,(H,32,36)(H,34,37)/t19-,22-. The van der Waals surface area contributed by atoms with Gasteiger partial charge in [-0.3, -0.25) is 19.7 Å². The van der Waals surface area contributed by atoms with Crippen LogP contribution in [0.4, 0.5) is 30.2 Å². The minimum Gasteiger partial charge on any atom is -0.382 e. The molecule has 0 heterocycles. The predicted molar refractivity (Wildman–Crippen MR) is 144 cm³/mol. The summed E-state index contributed by atoms with van der Waals surface area (Å²) in [6, 6.07) is 13.3. The van der Waals surface area contributed by atoms with E-state index in [-0.39, 0.29) is 31.0 Å². The van der Waals surface area contributed by atoms with Crippen molar-refractivity contribution < 1.29 is 32.4 Å². The number of hydrogen-bond acceptors (Lipinski definition) is 6. The second-order valence-corrected chi connectivity index (χ2v) is 9.83. The van der Waals surface area contributed by atoms with E-state index in [4.69, 9.17) is 16.3 Å². The second kappa shape index (κ2) is 12.5. The minimum absolute atomic E-state index is 0.0996. The van der Waals surface area contributed by atoms with E-state index >= 15 is 0 Å². The summed E-state index contributed by atoms with van der Waals surface area (Å²) in [6.07, 6.45) is -2.42. The monoisotopic (exact) mass is 578 g/mol. The van der Waals surface area contributed by atoms with Crippen molar-refractivity contribution in [1.29, 1.82) is 0 Å². The van der Waals surface area contributed by atoms with Crippen LogP contribution in [0, 0.1) is 10.1 Å². The molecule has 1 saturated carbocycles. The Kier molecular flexibility index (Phi) is 9.10. The maximum absolute atomic E-state index is 13.2. The third kappa shape index (κ3) is 7.60. The van der Waals surface area contributed by atoms with E-state index in [1.54, 1.807) is 30.3 Å². The fraction of sp³-hybridized carbons (Fsp3) is 0.333. The van der Waals surface area contributed by atoms with Gasteiger partial charge in [-0.25, -0.2) is 0 Å². The first-order chi connectivity index (χ1) is 19.0. The van der Waals surface area contributed by atoms with Crippen LogP contribution in [0.1, 0.15) is 31.2 Å². The largest absolute Gasteiger partial charge is 0.423 e. The molecule has 2 amide bonds. The number of nitrogens with zero attached hydrogens (tertiary/aromatic N) is 1. The van der Waals surface area contributed by atoms with Crippen LogP contribution in [0.2, 0.25) is 5.02 Å². The summed E-state index contributed by atoms with van der Waals surface area (Å²) in [6.45, 7) is 0.319. The first kappa shape index (κ1) is 29.1. The number of carbonyl (C=O) groups is 2. The number of fused-ring (bicyclic) bond motifs is 1. The van der Waals surface area contributed by atoms with Gasteiger partial charge < -0.3 is 20.7 Å². The van der Waals surface area contributed by atoms with Gasteiger partial charge in [-0.2, -0.15) is 13.2 Å². The maximum Gasteiger partial charge on any atom is 0.423 e. The molecule has 0 aromatic heterocycles. The molecule has 4 rings (SSSR count). The number of ether oxygens (including phenoxy) is 1. The van der Waals surface area contributed by atoms with Gasteiger partial charge in [0.15, 0.2) is 0 Å². The lowest BCUT2D eigenvalue weighted by atomic mass is 9.92. The molecule has 0 saturated heterocycles. The highest BCUT2D eigenvalue weighted by Gasteiger charge is 2.38. The van der Waals surface area contributed by atoms with Gasteiger partial charge in [0.25, 0.3) is 5.69 Å². The van der Waals surface area contributed by atoms with Gasteiger partial charge >= 0.3 is 18.0 Å². The highest BCUT2D eigenvalue weighted by atomic mass is 35.5. The molecule has 0 spiro atoms. The van der Waals surface area contributed by atoms with Gasteiger partial charge in [-0.15, -0.1) is 0 Å². The zero-order valence-electron chi connectivity index (χ0n) is 21.1. The van der Waals surface area contributed by atoms with Gasteiger partial charge in [0.1, 0.15) is 5.56 Å². The van der Waals surface area contributed by atoms with Crippen LogP contribution in [0.3, 0.4) is 0 Å². The minimum atomic E-state index is -4.84. The van der Waals surface area contributed by atoms with Crippen molar-refractivity contribution in [2.75, 3.05) is 23.8 Å². The quantitative estimate of drug-likeness (QED) is 0.132. The molecule has 3 aromatic rings. The van der Waals surface area contributed by atoms with Crippen molar-refractivity contribution in [2.24, 2.45) is 0 Å². The third-order valence-corrected chi connectivity index (χ3v) is 6.79. The molecule has 9 nitrogen and oxygen atoms in total. The molecule has 1 aliphatic rings. The van der Waals surface area contributed by atoms with E-state index in [0.717, 1.165) is 22.9 Å². The highest BCUT2D eigenvalue weighted by Crippen LogP contribution is 2.38. The van der Waals surface area contributed by atoms with Gasteiger partial charge in [0.05, 0.1) is 17.6 Å². The molecule has 212 valence electrons. The normalized spacial score (nSPS) is 17.3. The van der Waals surface area contributed by atoms with E-state index in [2.05, 4.69) is 16.0 Å². The van der Waals surface area contributed by atoms with E-state index in [1.807, 2.05) is 6.07 Å². The second-order valence-electron chi connectivity index (χ2n) is 9.39. The summed E-state index contributed by atoms with van der Waals surface area (Å²) < 4.78 is 45.4. The summed E-state index contributed by atoms with van der Waals surface area (Å²) >= 11 is 5.98. The average molecular weight is 579 g/mol. The Bertz CT molecular complexity index is 1410. The van der Waals surface area contributed by atoms with Crippen molar-refractivity contribution in [3.05, 3.63) is 75.3 Å². The zero-order chi connectivity index (χ0) is 28.9. The maximum atomic E-state index is 13.2. The Morgan fingerprint density at radius 3 is 2.33 bits per heavy atom. The van der Waals surface area contributed by atoms with Gasteiger partial charge in [0.2, 0.25) is 0 Å². The topological polar surface area (TPSA) is 123 Å². The molecule has 0 radical (unpaired) electrons. The van der Waals surface area contributed by atoms with Crippen LogP contribution in [-0.2, 0) is 20.5 Å². The van der Waals surface area contributed by atoms with Crippen molar-refractivity contribution in [3.8, 4) is 0 Å². The summed E-state index contributed by atoms with van der Waals surface area (Å²) in [4.78, 5) is 34.3. The number of hydrogen-bond donors (Lipinski definition) is 3. The van der Waals surface area contributed by atoms with E-state index in [1.165, 1.54) is 6.07 Å². The summed E-state index contributed by atoms with van der Waals surface area (Å²) in [5.74, 6) is -1.60. The first-order valence-electron chi connectivity index (χ1n) is 12.5. The zero-order valence-corrected chi connectivity index (χ0v) is 21.8. The van der Waals surface area contributed by atoms with Crippen molar-refractivity contribution in [3.63, 3.8) is 0 Å². The Hall–Kier alpha value is -3.90. The van der Waals surface area contributed by atoms with Gasteiger partial charge in [-0.05, 0) is 72.9 Å². The number of rotatable bonds is 8. The molecule has 3 N–H and O–H groups in total. The smallest absolute Gasteiger partial charge is 0.382 e. The highest BCUT2D eigenvalue weighted by molar-refractivity contribution is 6.39. The lowest BCUT2D eigenvalue weighted by molar-refractivity contribution is -0.388. The SMILES string of the molecule is O=C(NCCO[C@H]1CC[C@H](Nc2ccc([N+](=O)[O-])c(C(F)(F)F)c2)CC1)C(=O)Nc1ccc2cc(Cl)ccc2c1. The van der Waals surface area contributed by atoms with Gasteiger partial charge in [-0.1, -0.05) is 23.7 Å². The van der Waals surface area contributed by atoms with Crippen LogP contribution in [0.25, 0.3) is 10.8 Å². The number of benzene rings is 3. The average Bonchev–Trinajstić information content (AvgIpc) is 2.91. The molecule has 1 fully saturated rings. The van der Waals surface area contributed by atoms with Crippen molar-refractivity contribution in [1.82, 2.24) is 5.32 Å². The lowest BCUT2D eigenvalue weighted by Gasteiger charge is -2.30. The van der Waals surface area contributed by atoms with Gasteiger partial charge in [0, 0.05) is 35.1 Å². The van der Waals surface area contributed by atoms with Crippen LogP contribution in [-0.4, -0.2) is 42.0 Å². The predicted octanol–water partition coefficient (Wildman–Crippen LogP) is 5.91. The number of anilines is 2. The molecular formula is C27H26ClF3N4O5. The Morgan fingerprint density at radius 1 is 0.950 bits per heavy atom. The van der Waals surface area contributed by atoms with E-state index in [9.17, 15) is 32.9 Å². The van der Waals surface area contributed by atoms with Crippen LogP contribution in [0.5, 0.6) is 0 Å². The molecular weight excluding hydrogens is 553 g/mol. The number of alkyl halides is 3. The fourth-order valence-electron chi connectivity index (χ4n) is 4.57. The number of halogens is 4. The molecule has 13 heteroatoms. The third-order valence-electron chi connectivity index (χ3n) is 6.55. The molecule has 0 aliphatic heterocycles. The molecule has 3 aromatic carbocycles. The summed E-state index contributed by atoms with van der Waals surface area (Å²) in [5.41, 5.74) is -1.65. The Labute approximate surface area is 232 Å². The van der Waals surface area contributed by atoms with Crippen LogP contribution >= 0.6 is 11.6 Å². The summed E-state index contributed by atoms with van der Waals surface area (Å²) in [5, 5.41) is 21.4. The number of nitro benzene ring substituents is 1. The number of carbonyl (C=O) groups excluding carboxylic acids is 2. The summed E-state index contributed by atoms with van der Waals surface area (Å²) in [7, 11) is 0. The van der Waals surface area contributed by atoms with Crippen molar-refractivity contribution in [2.45, 2.75) is 44.0 Å². The Morgan fingerprint density at radius 2 is 1.62 bits per heavy atom. The first-order valence-corrected chi connectivity index (χ1v) is 12.9. The number of amides is 2. The number of nitro groups is 1. The molecule has 0 atom stereocenters. The lowest BCUT2D eigenvalue weighted by Crippen LogP contribution is -2.38. The van der Waals surface area contributed by atoms with Crippen LogP contribution < -0.4 is 16.0 Å². The fourth-order valence-corrected chi connectivity index (χ4v) is 4.75. The molecule has 0 unspecified atom stereocenters. The molecule has 1 aliphatic carbocycles. The molecule has 40 heavy (non-hydrogen) atoms. The van der Waals surface area contributed by atoms with Crippen LogP contribution in [0.15, 0.2) is 54.6 Å². The Balaban J connectivity index is 1.17. The van der Waals surface area contributed by atoms with Crippen molar-refractivity contribution >= 4 is 51.2 Å². The molecule has 0 bridgehead atoms.